The fourth-order valence-corrected chi connectivity index (χ4v) is 2.69. The molecule has 1 saturated carbocycles. The normalized spacial score (nSPS) is 21.1. The van der Waals surface area contributed by atoms with Crippen molar-refractivity contribution in [2.75, 3.05) is 12.4 Å². The Balaban J connectivity index is 2.27. The number of ether oxygens (including phenoxy) is 1. The predicted molar refractivity (Wildman–Crippen MR) is 74.7 cm³/mol. The molecule has 0 heterocycles. The Labute approximate surface area is 113 Å². The third-order valence-corrected chi connectivity index (χ3v) is 3.99. The first-order valence-corrected chi connectivity index (χ1v) is 6.53. The van der Waals surface area contributed by atoms with Crippen LogP contribution in [0.25, 0.3) is 0 Å². The van der Waals surface area contributed by atoms with E-state index in [1.807, 2.05) is 0 Å². The van der Waals surface area contributed by atoms with E-state index in [9.17, 15) is 10.1 Å². The van der Waals surface area contributed by atoms with E-state index in [0.29, 0.717) is 11.4 Å². The van der Waals surface area contributed by atoms with Gasteiger partial charge in [-0.2, -0.15) is 0 Å². The standard InChI is InChI=1S/C14H20N2O3/c1-14(2)8-4-5-13(14)15-11-7-6-10(19-3)9-12(11)16(17)18/h6-7,9,13,15H,4-5,8H2,1-3H3. The molecule has 1 fully saturated rings. The van der Waals surface area contributed by atoms with Crippen molar-refractivity contribution >= 4 is 11.4 Å². The summed E-state index contributed by atoms with van der Waals surface area (Å²) in [6, 6.07) is 5.21. The number of rotatable bonds is 4. The summed E-state index contributed by atoms with van der Waals surface area (Å²) in [5.74, 6) is 0.503. The van der Waals surface area contributed by atoms with Crippen molar-refractivity contribution in [3.63, 3.8) is 0 Å². The van der Waals surface area contributed by atoms with Crippen LogP contribution in [0, 0.1) is 15.5 Å². The number of anilines is 1. The Kier molecular flexibility index (Phi) is 3.64. The lowest BCUT2D eigenvalue weighted by molar-refractivity contribution is -0.384. The first-order chi connectivity index (χ1) is 8.94. The Morgan fingerprint density at radius 3 is 2.74 bits per heavy atom. The van der Waals surface area contributed by atoms with Crippen molar-refractivity contribution in [1.29, 1.82) is 0 Å². The molecule has 1 N–H and O–H groups in total. The van der Waals surface area contributed by atoms with Crippen LogP contribution in [0.15, 0.2) is 18.2 Å². The summed E-state index contributed by atoms with van der Waals surface area (Å²) < 4.78 is 5.04. The van der Waals surface area contributed by atoms with Crippen molar-refractivity contribution in [2.24, 2.45) is 5.41 Å². The molecule has 0 spiro atoms. The molecule has 1 unspecified atom stereocenters. The van der Waals surface area contributed by atoms with Crippen molar-refractivity contribution in [3.8, 4) is 5.75 Å². The summed E-state index contributed by atoms with van der Waals surface area (Å²) in [5.41, 5.74) is 0.821. The number of methoxy groups -OCH3 is 1. The van der Waals surface area contributed by atoms with Crippen molar-refractivity contribution in [3.05, 3.63) is 28.3 Å². The number of hydrogen-bond donors (Lipinski definition) is 1. The van der Waals surface area contributed by atoms with Gasteiger partial charge in [0.05, 0.1) is 18.1 Å². The molecule has 0 saturated heterocycles. The first-order valence-electron chi connectivity index (χ1n) is 6.53. The van der Waals surface area contributed by atoms with Crippen LogP contribution >= 0.6 is 0 Å². The highest BCUT2D eigenvalue weighted by Gasteiger charge is 2.35. The zero-order valence-electron chi connectivity index (χ0n) is 11.6. The van der Waals surface area contributed by atoms with Crippen LogP contribution in [-0.2, 0) is 0 Å². The Bertz CT molecular complexity index is 486. The van der Waals surface area contributed by atoms with Gasteiger partial charge in [0, 0.05) is 6.04 Å². The second kappa shape index (κ2) is 5.07. The van der Waals surface area contributed by atoms with E-state index >= 15 is 0 Å². The summed E-state index contributed by atoms with van der Waals surface area (Å²) in [4.78, 5) is 10.8. The summed E-state index contributed by atoms with van der Waals surface area (Å²) >= 11 is 0. The lowest BCUT2D eigenvalue weighted by atomic mass is 9.87. The largest absolute Gasteiger partial charge is 0.496 e. The molecule has 1 aromatic carbocycles. The van der Waals surface area contributed by atoms with Crippen LogP contribution in [0.4, 0.5) is 11.4 Å². The van der Waals surface area contributed by atoms with Gasteiger partial charge in [-0.25, -0.2) is 0 Å². The van der Waals surface area contributed by atoms with Crippen LogP contribution in [0.5, 0.6) is 5.75 Å². The molecular formula is C14H20N2O3. The molecular weight excluding hydrogens is 244 g/mol. The highest BCUT2D eigenvalue weighted by Crippen LogP contribution is 2.40. The van der Waals surface area contributed by atoms with E-state index in [1.54, 1.807) is 12.1 Å². The van der Waals surface area contributed by atoms with E-state index in [0.717, 1.165) is 19.3 Å². The van der Waals surface area contributed by atoms with Gasteiger partial charge in [0.25, 0.3) is 5.69 Å². The van der Waals surface area contributed by atoms with E-state index in [1.165, 1.54) is 13.2 Å². The third-order valence-electron chi connectivity index (χ3n) is 3.99. The number of nitrogens with one attached hydrogen (secondary N) is 1. The second-order valence-electron chi connectivity index (χ2n) is 5.72. The minimum atomic E-state index is -0.368. The average Bonchev–Trinajstić information content (AvgIpc) is 2.69. The quantitative estimate of drug-likeness (QED) is 0.666. The van der Waals surface area contributed by atoms with E-state index in [2.05, 4.69) is 19.2 Å². The Morgan fingerprint density at radius 2 is 2.21 bits per heavy atom. The molecule has 1 aromatic rings. The molecule has 5 heteroatoms. The van der Waals surface area contributed by atoms with E-state index in [4.69, 9.17) is 4.74 Å². The van der Waals surface area contributed by atoms with E-state index < -0.39 is 0 Å². The van der Waals surface area contributed by atoms with Gasteiger partial charge in [0.2, 0.25) is 0 Å². The zero-order chi connectivity index (χ0) is 14.0. The SMILES string of the molecule is COc1ccc(NC2CCCC2(C)C)c([N+](=O)[O-])c1. The lowest BCUT2D eigenvalue weighted by Gasteiger charge is -2.28. The number of benzene rings is 1. The van der Waals surface area contributed by atoms with Crippen LogP contribution in [0.3, 0.4) is 0 Å². The molecule has 19 heavy (non-hydrogen) atoms. The highest BCUT2D eigenvalue weighted by atomic mass is 16.6. The summed E-state index contributed by atoms with van der Waals surface area (Å²) in [6.45, 7) is 4.40. The van der Waals surface area contributed by atoms with Gasteiger partial charge in [-0.05, 0) is 30.4 Å². The molecule has 1 aliphatic rings. The maximum Gasteiger partial charge on any atom is 0.296 e. The fourth-order valence-electron chi connectivity index (χ4n) is 2.69. The van der Waals surface area contributed by atoms with Crippen molar-refractivity contribution < 1.29 is 9.66 Å². The number of nitro groups is 1. The number of nitro benzene ring substituents is 1. The molecule has 0 aromatic heterocycles. The first kappa shape index (κ1) is 13.6. The van der Waals surface area contributed by atoms with Gasteiger partial charge in [0.1, 0.15) is 11.4 Å². The maximum atomic E-state index is 11.1. The molecule has 5 nitrogen and oxygen atoms in total. The monoisotopic (exact) mass is 264 g/mol. The third kappa shape index (κ3) is 2.80. The number of nitrogens with zero attached hydrogens (tertiary/aromatic N) is 1. The van der Waals surface area contributed by atoms with Gasteiger partial charge in [0.15, 0.2) is 0 Å². The van der Waals surface area contributed by atoms with Crippen LogP contribution in [0.2, 0.25) is 0 Å². The van der Waals surface area contributed by atoms with Crippen molar-refractivity contribution in [1.82, 2.24) is 0 Å². The molecule has 0 radical (unpaired) electrons. The smallest absolute Gasteiger partial charge is 0.296 e. The predicted octanol–water partition coefficient (Wildman–Crippen LogP) is 3.59. The molecule has 2 rings (SSSR count). The minimum absolute atomic E-state index is 0.0713. The fraction of sp³-hybridized carbons (Fsp3) is 0.571. The molecule has 1 aliphatic carbocycles. The van der Waals surface area contributed by atoms with Gasteiger partial charge in [-0.1, -0.05) is 20.3 Å². The van der Waals surface area contributed by atoms with Gasteiger partial charge < -0.3 is 10.1 Å². The number of hydrogen-bond acceptors (Lipinski definition) is 4. The van der Waals surface area contributed by atoms with Crippen molar-refractivity contribution in [2.45, 2.75) is 39.2 Å². The van der Waals surface area contributed by atoms with E-state index in [-0.39, 0.29) is 22.1 Å². The van der Waals surface area contributed by atoms with Crippen LogP contribution < -0.4 is 10.1 Å². The minimum Gasteiger partial charge on any atom is -0.496 e. The van der Waals surface area contributed by atoms with Gasteiger partial charge >= 0.3 is 0 Å². The Morgan fingerprint density at radius 1 is 1.47 bits per heavy atom. The van der Waals surface area contributed by atoms with Gasteiger partial charge in [-0.3, -0.25) is 10.1 Å². The van der Waals surface area contributed by atoms with Crippen LogP contribution in [-0.4, -0.2) is 18.1 Å². The Hall–Kier alpha value is -1.78. The molecule has 1 atom stereocenters. The maximum absolute atomic E-state index is 11.1. The molecule has 104 valence electrons. The van der Waals surface area contributed by atoms with Gasteiger partial charge in [-0.15, -0.1) is 0 Å². The topological polar surface area (TPSA) is 64.4 Å². The molecule has 0 bridgehead atoms. The van der Waals surface area contributed by atoms with Crippen LogP contribution in [0.1, 0.15) is 33.1 Å². The molecule has 0 amide bonds. The lowest BCUT2D eigenvalue weighted by Crippen LogP contribution is -2.31. The second-order valence-corrected chi connectivity index (χ2v) is 5.72. The summed E-state index contributed by atoms with van der Waals surface area (Å²) in [6.07, 6.45) is 3.36. The average molecular weight is 264 g/mol. The highest BCUT2D eigenvalue weighted by molar-refractivity contribution is 5.64. The summed E-state index contributed by atoms with van der Waals surface area (Å²) in [7, 11) is 1.51. The summed E-state index contributed by atoms with van der Waals surface area (Å²) in [5, 5.41) is 14.5. The molecule has 0 aliphatic heterocycles. The zero-order valence-corrected chi connectivity index (χ0v) is 11.6.